The molecule has 1 aromatic rings. The van der Waals surface area contributed by atoms with Crippen molar-refractivity contribution in [3.05, 3.63) is 35.1 Å². The molecule has 1 nitrogen and oxygen atoms in total. The Kier molecular flexibility index (Phi) is 4.08. The Labute approximate surface area is 85.1 Å². The Bertz CT molecular complexity index is 296. The third-order valence-corrected chi connectivity index (χ3v) is 2.53. The third kappa shape index (κ3) is 3.11. The molecule has 2 heteroatoms. The minimum Gasteiger partial charge on any atom is -0.330 e. The van der Waals surface area contributed by atoms with Crippen LogP contribution in [-0.2, 0) is 6.42 Å². The number of rotatable bonds is 4. The first kappa shape index (κ1) is 11.2. The van der Waals surface area contributed by atoms with Gasteiger partial charge in [0.25, 0.3) is 0 Å². The topological polar surface area (TPSA) is 26.0 Å². The van der Waals surface area contributed by atoms with Crippen molar-refractivity contribution in [1.82, 2.24) is 0 Å². The van der Waals surface area contributed by atoms with E-state index in [4.69, 9.17) is 5.73 Å². The quantitative estimate of drug-likeness (QED) is 0.785. The minimum atomic E-state index is -0.155. The molecule has 0 spiro atoms. The van der Waals surface area contributed by atoms with Crippen LogP contribution in [0.4, 0.5) is 4.39 Å². The summed E-state index contributed by atoms with van der Waals surface area (Å²) in [4.78, 5) is 0. The maximum absolute atomic E-state index is 12.8. The van der Waals surface area contributed by atoms with Gasteiger partial charge in [-0.05, 0) is 55.5 Å². The summed E-state index contributed by atoms with van der Waals surface area (Å²) in [6.45, 7) is 4.85. The summed E-state index contributed by atoms with van der Waals surface area (Å²) in [6, 6.07) is 4.99. The largest absolute Gasteiger partial charge is 0.330 e. The average Bonchev–Trinajstić information content (AvgIpc) is 2.10. The van der Waals surface area contributed by atoms with E-state index >= 15 is 0 Å². The Morgan fingerprint density at radius 3 is 2.71 bits per heavy atom. The highest BCUT2D eigenvalue weighted by Crippen LogP contribution is 2.16. The summed E-state index contributed by atoms with van der Waals surface area (Å²) in [6.07, 6.45) is 2.01. The van der Waals surface area contributed by atoms with Gasteiger partial charge >= 0.3 is 0 Å². The van der Waals surface area contributed by atoms with Gasteiger partial charge in [-0.25, -0.2) is 4.39 Å². The molecule has 78 valence electrons. The molecule has 0 aliphatic heterocycles. The summed E-state index contributed by atoms with van der Waals surface area (Å²) in [5.41, 5.74) is 7.75. The van der Waals surface area contributed by atoms with Crippen LogP contribution in [0.3, 0.4) is 0 Å². The first-order valence-corrected chi connectivity index (χ1v) is 5.08. The first-order valence-electron chi connectivity index (χ1n) is 5.08. The smallest absolute Gasteiger partial charge is 0.123 e. The van der Waals surface area contributed by atoms with Crippen LogP contribution in [0.15, 0.2) is 18.2 Å². The standard InChI is InChI=1S/C12H18FN/c1-9(5-6-14)7-11-3-4-12(13)8-10(11)2/h3-4,8-9H,5-7,14H2,1-2H3. The number of halogens is 1. The molecule has 0 fully saturated rings. The monoisotopic (exact) mass is 195 g/mol. The van der Waals surface area contributed by atoms with Gasteiger partial charge in [-0.2, -0.15) is 0 Å². The van der Waals surface area contributed by atoms with Crippen molar-refractivity contribution in [2.75, 3.05) is 6.54 Å². The molecule has 0 radical (unpaired) electrons. The molecule has 0 saturated carbocycles. The highest BCUT2D eigenvalue weighted by Gasteiger charge is 2.05. The SMILES string of the molecule is Cc1cc(F)ccc1CC(C)CCN. The van der Waals surface area contributed by atoms with Gasteiger partial charge in [-0.3, -0.25) is 0 Å². The van der Waals surface area contributed by atoms with Gasteiger partial charge in [0.1, 0.15) is 5.82 Å². The predicted octanol–water partition coefficient (Wildman–Crippen LogP) is 2.66. The molecular weight excluding hydrogens is 177 g/mol. The average molecular weight is 195 g/mol. The number of aryl methyl sites for hydroxylation is 1. The van der Waals surface area contributed by atoms with E-state index < -0.39 is 0 Å². The number of nitrogens with two attached hydrogens (primary N) is 1. The van der Waals surface area contributed by atoms with E-state index in [0.717, 1.165) is 24.9 Å². The van der Waals surface area contributed by atoms with E-state index in [9.17, 15) is 4.39 Å². The Morgan fingerprint density at radius 1 is 1.43 bits per heavy atom. The third-order valence-electron chi connectivity index (χ3n) is 2.53. The van der Waals surface area contributed by atoms with Crippen LogP contribution in [0.25, 0.3) is 0 Å². The molecule has 1 rings (SSSR count). The number of hydrogen-bond acceptors (Lipinski definition) is 1. The summed E-state index contributed by atoms with van der Waals surface area (Å²) in [5.74, 6) is 0.418. The van der Waals surface area contributed by atoms with Crippen molar-refractivity contribution in [3.8, 4) is 0 Å². The summed E-state index contributed by atoms with van der Waals surface area (Å²) < 4.78 is 12.8. The van der Waals surface area contributed by atoms with E-state index in [2.05, 4.69) is 6.92 Å². The molecule has 1 atom stereocenters. The molecule has 0 heterocycles. The van der Waals surface area contributed by atoms with Crippen molar-refractivity contribution in [1.29, 1.82) is 0 Å². The second-order valence-corrected chi connectivity index (χ2v) is 3.96. The van der Waals surface area contributed by atoms with Gasteiger partial charge in [-0.1, -0.05) is 13.0 Å². The summed E-state index contributed by atoms with van der Waals surface area (Å²) in [7, 11) is 0. The molecule has 0 bridgehead atoms. The molecule has 0 aromatic heterocycles. The lowest BCUT2D eigenvalue weighted by Gasteiger charge is -2.11. The van der Waals surface area contributed by atoms with Crippen molar-refractivity contribution in [2.24, 2.45) is 11.7 Å². The highest BCUT2D eigenvalue weighted by atomic mass is 19.1. The van der Waals surface area contributed by atoms with Crippen molar-refractivity contribution >= 4 is 0 Å². The lowest BCUT2D eigenvalue weighted by Crippen LogP contribution is -2.08. The van der Waals surface area contributed by atoms with Gasteiger partial charge in [0.15, 0.2) is 0 Å². The lowest BCUT2D eigenvalue weighted by atomic mass is 9.95. The fraction of sp³-hybridized carbons (Fsp3) is 0.500. The summed E-state index contributed by atoms with van der Waals surface area (Å²) >= 11 is 0. The zero-order valence-electron chi connectivity index (χ0n) is 8.89. The molecule has 0 aliphatic rings. The van der Waals surface area contributed by atoms with Crippen LogP contribution in [-0.4, -0.2) is 6.54 Å². The fourth-order valence-electron chi connectivity index (χ4n) is 1.65. The van der Waals surface area contributed by atoms with Crippen molar-refractivity contribution in [3.63, 3.8) is 0 Å². The number of hydrogen-bond donors (Lipinski definition) is 1. The van der Waals surface area contributed by atoms with Crippen LogP contribution in [0, 0.1) is 18.7 Å². The van der Waals surface area contributed by atoms with Crippen LogP contribution in [0.1, 0.15) is 24.5 Å². The zero-order chi connectivity index (χ0) is 10.6. The highest BCUT2D eigenvalue weighted by molar-refractivity contribution is 5.26. The second kappa shape index (κ2) is 5.11. The minimum absolute atomic E-state index is 0.155. The normalized spacial score (nSPS) is 12.9. The van der Waals surface area contributed by atoms with E-state index in [0.29, 0.717) is 5.92 Å². The molecule has 0 aliphatic carbocycles. The van der Waals surface area contributed by atoms with Gasteiger partial charge in [0.2, 0.25) is 0 Å². The van der Waals surface area contributed by atoms with Crippen LogP contribution < -0.4 is 5.73 Å². The maximum Gasteiger partial charge on any atom is 0.123 e. The van der Waals surface area contributed by atoms with E-state index in [-0.39, 0.29) is 5.82 Å². The van der Waals surface area contributed by atoms with Crippen LogP contribution >= 0.6 is 0 Å². The van der Waals surface area contributed by atoms with Gasteiger partial charge in [-0.15, -0.1) is 0 Å². The maximum atomic E-state index is 12.8. The fourth-order valence-corrected chi connectivity index (χ4v) is 1.65. The summed E-state index contributed by atoms with van der Waals surface area (Å²) in [5, 5.41) is 0. The second-order valence-electron chi connectivity index (χ2n) is 3.96. The Hall–Kier alpha value is -0.890. The Balaban J connectivity index is 2.67. The molecule has 1 aromatic carbocycles. The first-order chi connectivity index (χ1) is 6.63. The zero-order valence-corrected chi connectivity index (χ0v) is 8.89. The molecule has 2 N–H and O–H groups in total. The lowest BCUT2D eigenvalue weighted by molar-refractivity contribution is 0.536. The van der Waals surface area contributed by atoms with Crippen molar-refractivity contribution in [2.45, 2.75) is 26.7 Å². The molecule has 1 unspecified atom stereocenters. The molecule has 0 amide bonds. The molecule has 14 heavy (non-hydrogen) atoms. The Morgan fingerprint density at radius 2 is 2.14 bits per heavy atom. The van der Waals surface area contributed by atoms with Crippen molar-refractivity contribution < 1.29 is 4.39 Å². The predicted molar refractivity (Wildman–Crippen MR) is 57.7 cm³/mol. The van der Waals surface area contributed by atoms with Crippen LogP contribution in [0.2, 0.25) is 0 Å². The number of benzene rings is 1. The van der Waals surface area contributed by atoms with E-state index in [1.165, 1.54) is 11.6 Å². The van der Waals surface area contributed by atoms with Gasteiger partial charge in [0.05, 0.1) is 0 Å². The van der Waals surface area contributed by atoms with E-state index in [1.54, 1.807) is 6.07 Å². The molecule has 0 saturated heterocycles. The van der Waals surface area contributed by atoms with Crippen LogP contribution in [0.5, 0.6) is 0 Å². The van der Waals surface area contributed by atoms with Gasteiger partial charge in [0, 0.05) is 0 Å². The van der Waals surface area contributed by atoms with Gasteiger partial charge < -0.3 is 5.73 Å². The molecular formula is C12H18FN. The van der Waals surface area contributed by atoms with E-state index in [1.807, 2.05) is 13.0 Å².